The SMILES string of the molecule is CCCC(C(=O)NC(COCC)C(C)C)C(N)=NO. The molecule has 0 spiro atoms. The zero-order valence-electron chi connectivity index (χ0n) is 12.3. The fraction of sp³-hybridized carbons (Fsp3) is 0.846. The number of nitrogens with two attached hydrogens (primary N) is 1. The summed E-state index contributed by atoms with van der Waals surface area (Å²) in [6.45, 7) is 8.97. The number of ether oxygens (including phenoxy) is 1. The first-order valence-electron chi connectivity index (χ1n) is 6.83. The first-order valence-corrected chi connectivity index (χ1v) is 6.83. The molecule has 112 valence electrons. The Hall–Kier alpha value is -1.30. The Bertz CT molecular complexity index is 293. The lowest BCUT2D eigenvalue weighted by Crippen LogP contribution is -2.47. The van der Waals surface area contributed by atoms with Crippen LogP contribution < -0.4 is 11.1 Å². The zero-order valence-corrected chi connectivity index (χ0v) is 12.3. The number of nitrogens with zero attached hydrogens (tertiary/aromatic N) is 1. The minimum atomic E-state index is -0.585. The van der Waals surface area contributed by atoms with Gasteiger partial charge in [0.15, 0.2) is 5.84 Å². The van der Waals surface area contributed by atoms with E-state index in [0.717, 1.165) is 6.42 Å². The van der Waals surface area contributed by atoms with Gasteiger partial charge in [-0.05, 0) is 19.3 Å². The van der Waals surface area contributed by atoms with Gasteiger partial charge in [-0.1, -0.05) is 32.3 Å². The Balaban J connectivity index is 4.65. The Labute approximate surface area is 115 Å². The van der Waals surface area contributed by atoms with Gasteiger partial charge in [-0.15, -0.1) is 0 Å². The second-order valence-corrected chi connectivity index (χ2v) is 4.88. The van der Waals surface area contributed by atoms with Gasteiger partial charge in [0.05, 0.1) is 18.6 Å². The quantitative estimate of drug-likeness (QED) is 0.255. The molecule has 0 heterocycles. The fourth-order valence-corrected chi connectivity index (χ4v) is 1.70. The topological polar surface area (TPSA) is 96.9 Å². The van der Waals surface area contributed by atoms with Crippen LogP contribution in [0.4, 0.5) is 0 Å². The molecule has 2 unspecified atom stereocenters. The molecule has 19 heavy (non-hydrogen) atoms. The highest BCUT2D eigenvalue weighted by Gasteiger charge is 2.25. The lowest BCUT2D eigenvalue weighted by Gasteiger charge is -2.24. The summed E-state index contributed by atoms with van der Waals surface area (Å²) in [4.78, 5) is 12.2. The van der Waals surface area contributed by atoms with Crippen LogP contribution in [0.25, 0.3) is 0 Å². The van der Waals surface area contributed by atoms with Crippen LogP contribution in [-0.4, -0.2) is 36.2 Å². The van der Waals surface area contributed by atoms with Crippen molar-refractivity contribution in [1.29, 1.82) is 0 Å². The maximum atomic E-state index is 12.2. The van der Waals surface area contributed by atoms with Gasteiger partial charge in [0, 0.05) is 6.61 Å². The molecule has 4 N–H and O–H groups in total. The van der Waals surface area contributed by atoms with Gasteiger partial charge in [0.25, 0.3) is 0 Å². The van der Waals surface area contributed by atoms with Crippen molar-refractivity contribution in [2.24, 2.45) is 22.7 Å². The molecule has 0 radical (unpaired) electrons. The third-order valence-electron chi connectivity index (χ3n) is 3.00. The van der Waals surface area contributed by atoms with E-state index in [1.807, 2.05) is 27.7 Å². The fourth-order valence-electron chi connectivity index (χ4n) is 1.70. The highest BCUT2D eigenvalue weighted by Crippen LogP contribution is 2.10. The van der Waals surface area contributed by atoms with Crippen LogP contribution in [0, 0.1) is 11.8 Å². The van der Waals surface area contributed by atoms with E-state index in [1.165, 1.54) is 0 Å². The van der Waals surface area contributed by atoms with E-state index in [9.17, 15) is 4.79 Å². The van der Waals surface area contributed by atoms with E-state index in [-0.39, 0.29) is 23.7 Å². The monoisotopic (exact) mass is 273 g/mol. The molecule has 0 fully saturated rings. The maximum Gasteiger partial charge on any atom is 0.231 e. The van der Waals surface area contributed by atoms with Crippen LogP contribution >= 0.6 is 0 Å². The number of rotatable bonds is 9. The van der Waals surface area contributed by atoms with Crippen molar-refractivity contribution in [2.75, 3.05) is 13.2 Å². The summed E-state index contributed by atoms with van der Waals surface area (Å²) < 4.78 is 5.36. The van der Waals surface area contributed by atoms with Crippen molar-refractivity contribution in [3.05, 3.63) is 0 Å². The summed E-state index contributed by atoms with van der Waals surface area (Å²) in [5.74, 6) is -0.586. The smallest absolute Gasteiger partial charge is 0.231 e. The summed E-state index contributed by atoms with van der Waals surface area (Å²) in [7, 11) is 0. The number of hydrogen-bond donors (Lipinski definition) is 3. The molecular weight excluding hydrogens is 246 g/mol. The van der Waals surface area contributed by atoms with E-state index >= 15 is 0 Å². The molecule has 0 aromatic rings. The standard InChI is InChI=1S/C13H27N3O3/c1-5-7-10(12(14)16-18)13(17)15-11(9(3)4)8-19-6-2/h9-11,18H,5-8H2,1-4H3,(H2,14,16)(H,15,17). The van der Waals surface area contributed by atoms with Crippen LogP contribution in [0.5, 0.6) is 0 Å². The average Bonchev–Trinajstić information content (AvgIpc) is 2.39. The van der Waals surface area contributed by atoms with E-state index in [4.69, 9.17) is 15.7 Å². The summed E-state index contributed by atoms with van der Waals surface area (Å²) in [6.07, 6.45) is 1.34. The second-order valence-electron chi connectivity index (χ2n) is 4.88. The van der Waals surface area contributed by atoms with Crippen molar-refractivity contribution in [3.8, 4) is 0 Å². The first kappa shape index (κ1) is 17.7. The van der Waals surface area contributed by atoms with Gasteiger partial charge in [0.1, 0.15) is 0 Å². The Kier molecular flexibility index (Phi) is 8.95. The summed E-state index contributed by atoms with van der Waals surface area (Å²) >= 11 is 0. The summed E-state index contributed by atoms with van der Waals surface area (Å²) in [5, 5.41) is 14.6. The maximum absolute atomic E-state index is 12.2. The van der Waals surface area contributed by atoms with Crippen LogP contribution in [0.2, 0.25) is 0 Å². The molecule has 0 aliphatic carbocycles. The number of carbonyl (C=O) groups excluding carboxylic acids is 1. The molecule has 6 heteroatoms. The average molecular weight is 273 g/mol. The van der Waals surface area contributed by atoms with Crippen LogP contribution in [0.3, 0.4) is 0 Å². The molecule has 0 saturated carbocycles. The van der Waals surface area contributed by atoms with Crippen molar-refractivity contribution in [2.45, 2.75) is 46.6 Å². The second kappa shape index (κ2) is 9.61. The van der Waals surface area contributed by atoms with Gasteiger partial charge < -0.3 is 21.0 Å². The number of nitrogens with one attached hydrogen (secondary N) is 1. The van der Waals surface area contributed by atoms with E-state index < -0.39 is 5.92 Å². The van der Waals surface area contributed by atoms with Crippen LogP contribution in [-0.2, 0) is 9.53 Å². The minimum Gasteiger partial charge on any atom is -0.409 e. The lowest BCUT2D eigenvalue weighted by atomic mass is 9.99. The van der Waals surface area contributed by atoms with Gasteiger partial charge >= 0.3 is 0 Å². The number of oxime groups is 1. The number of carbonyl (C=O) groups is 1. The van der Waals surface area contributed by atoms with Gasteiger partial charge in [-0.2, -0.15) is 0 Å². The van der Waals surface area contributed by atoms with E-state index in [1.54, 1.807) is 0 Å². The Morgan fingerprint density at radius 3 is 2.47 bits per heavy atom. The number of amides is 1. The molecule has 6 nitrogen and oxygen atoms in total. The van der Waals surface area contributed by atoms with E-state index in [2.05, 4.69) is 10.5 Å². The van der Waals surface area contributed by atoms with Gasteiger partial charge in [0.2, 0.25) is 5.91 Å². The predicted octanol–water partition coefficient (Wildman–Crippen LogP) is 1.33. The molecule has 2 atom stereocenters. The van der Waals surface area contributed by atoms with Crippen LogP contribution in [0.15, 0.2) is 5.16 Å². The Morgan fingerprint density at radius 2 is 2.05 bits per heavy atom. The molecule has 0 aromatic carbocycles. The van der Waals surface area contributed by atoms with Gasteiger partial charge in [-0.3, -0.25) is 4.79 Å². The molecule has 0 rings (SSSR count). The number of hydrogen-bond acceptors (Lipinski definition) is 4. The van der Waals surface area contributed by atoms with E-state index in [0.29, 0.717) is 19.6 Å². The minimum absolute atomic E-state index is 0.0433. The zero-order chi connectivity index (χ0) is 14.8. The van der Waals surface area contributed by atoms with Crippen molar-refractivity contribution in [1.82, 2.24) is 5.32 Å². The number of amidine groups is 1. The van der Waals surface area contributed by atoms with Crippen molar-refractivity contribution >= 4 is 11.7 Å². The molecule has 0 aliphatic heterocycles. The summed E-state index contributed by atoms with van der Waals surface area (Å²) in [5.41, 5.74) is 5.56. The molecule has 0 bridgehead atoms. The van der Waals surface area contributed by atoms with Gasteiger partial charge in [-0.25, -0.2) is 0 Å². The predicted molar refractivity (Wildman–Crippen MR) is 75.1 cm³/mol. The van der Waals surface area contributed by atoms with Crippen molar-refractivity contribution in [3.63, 3.8) is 0 Å². The highest BCUT2D eigenvalue weighted by atomic mass is 16.5. The molecule has 0 aliphatic rings. The summed E-state index contributed by atoms with van der Waals surface area (Å²) in [6, 6.07) is -0.0710. The lowest BCUT2D eigenvalue weighted by molar-refractivity contribution is -0.124. The molecule has 0 saturated heterocycles. The molecular formula is C13H27N3O3. The van der Waals surface area contributed by atoms with Crippen molar-refractivity contribution < 1.29 is 14.7 Å². The molecule has 1 amide bonds. The Morgan fingerprint density at radius 1 is 1.42 bits per heavy atom. The highest BCUT2D eigenvalue weighted by molar-refractivity contribution is 6.02. The normalized spacial score (nSPS) is 15.3. The first-order chi connectivity index (χ1) is 8.97. The third kappa shape index (κ3) is 6.42. The molecule has 0 aromatic heterocycles. The van der Waals surface area contributed by atoms with Crippen LogP contribution in [0.1, 0.15) is 40.5 Å². The largest absolute Gasteiger partial charge is 0.409 e. The third-order valence-corrected chi connectivity index (χ3v) is 3.00.